The molecule has 4 rings (SSSR count). The van der Waals surface area contributed by atoms with Crippen molar-refractivity contribution in [1.29, 1.82) is 0 Å². The number of para-hydroxylation sites is 1. The van der Waals surface area contributed by atoms with Crippen molar-refractivity contribution in [2.75, 3.05) is 25.0 Å². The second kappa shape index (κ2) is 8.73. The summed E-state index contributed by atoms with van der Waals surface area (Å²) in [5.74, 6) is -2.84. The molecule has 0 aliphatic carbocycles. The van der Waals surface area contributed by atoms with E-state index < -0.39 is 27.6 Å². The minimum atomic E-state index is -3.36. The summed E-state index contributed by atoms with van der Waals surface area (Å²) in [4.78, 5) is 39.1. The lowest BCUT2D eigenvalue weighted by Crippen LogP contribution is -2.47. The molecule has 1 aromatic heterocycles. The van der Waals surface area contributed by atoms with Gasteiger partial charge in [-0.3, -0.25) is 14.4 Å². The maximum absolute atomic E-state index is 12.8. The lowest BCUT2D eigenvalue weighted by Gasteiger charge is -2.31. The fourth-order valence-electron chi connectivity index (χ4n) is 4.05. The number of likely N-dealkylation sites (tertiary alicyclic amines) is 1. The van der Waals surface area contributed by atoms with Crippen LogP contribution in [0.1, 0.15) is 31.0 Å². The first-order valence-electron chi connectivity index (χ1n) is 10.4. The van der Waals surface area contributed by atoms with Crippen LogP contribution in [0.2, 0.25) is 0 Å². The van der Waals surface area contributed by atoms with E-state index in [1.807, 2.05) is 6.07 Å². The van der Waals surface area contributed by atoms with E-state index in [0.717, 1.165) is 0 Å². The summed E-state index contributed by atoms with van der Waals surface area (Å²) in [6.07, 6.45) is 1.18. The summed E-state index contributed by atoms with van der Waals surface area (Å²) in [6, 6.07) is 8.94. The van der Waals surface area contributed by atoms with Crippen molar-refractivity contribution in [3.05, 3.63) is 41.6 Å². The van der Waals surface area contributed by atoms with Gasteiger partial charge < -0.3 is 15.0 Å². The number of hydrogen-bond acceptors (Lipinski definition) is 7. The van der Waals surface area contributed by atoms with Gasteiger partial charge in [0.05, 0.1) is 35.4 Å². The zero-order valence-corrected chi connectivity index (χ0v) is 18.4. The number of ether oxygens (including phenoxy) is 1. The number of amides is 2. The number of fused-ring (bicyclic) bond motifs is 1. The summed E-state index contributed by atoms with van der Waals surface area (Å²) < 4.78 is 30.7. The van der Waals surface area contributed by atoms with E-state index in [-0.39, 0.29) is 36.4 Å². The van der Waals surface area contributed by atoms with Crippen LogP contribution in [-0.4, -0.2) is 60.6 Å². The number of nitrogens with zero attached hydrogens (tertiary/aromatic N) is 3. The molecule has 1 saturated heterocycles. The average Bonchev–Trinajstić information content (AvgIpc) is 3.26. The number of benzene rings is 1. The monoisotopic (exact) mass is 460 g/mol. The Morgan fingerprint density at radius 2 is 1.94 bits per heavy atom. The molecule has 0 radical (unpaired) electrons. The van der Waals surface area contributed by atoms with Crippen LogP contribution in [0.3, 0.4) is 0 Å². The fourth-order valence-corrected chi connectivity index (χ4v) is 5.54. The molecular formula is C21H24N4O6S. The predicted octanol–water partition coefficient (Wildman–Crippen LogP) is 1.04. The molecule has 2 aromatic rings. The van der Waals surface area contributed by atoms with Gasteiger partial charge in [-0.1, -0.05) is 18.2 Å². The third-order valence-corrected chi connectivity index (χ3v) is 6.98. The quantitative estimate of drug-likeness (QED) is 0.533. The van der Waals surface area contributed by atoms with Crippen molar-refractivity contribution in [2.24, 2.45) is 5.92 Å². The second-order valence-corrected chi connectivity index (χ2v) is 9.91. The molecule has 11 heteroatoms. The number of piperidine rings is 1. The second-order valence-electron chi connectivity index (χ2n) is 7.85. The molecule has 1 aromatic carbocycles. The number of rotatable bonds is 4. The SMILES string of the molecule is CCOC(=O)C1CCCN(C(=O)C(=O)Nc2c3c(nn2-c2ccccc2)CS(=O)(=O)C3)C1. The van der Waals surface area contributed by atoms with Crippen LogP contribution in [0.4, 0.5) is 5.82 Å². The highest BCUT2D eigenvalue weighted by Crippen LogP contribution is 2.33. The first kappa shape index (κ1) is 22.0. The molecule has 1 atom stereocenters. The number of anilines is 1. The minimum Gasteiger partial charge on any atom is -0.466 e. The summed E-state index contributed by atoms with van der Waals surface area (Å²) in [5, 5.41) is 6.96. The topological polar surface area (TPSA) is 128 Å². The van der Waals surface area contributed by atoms with Crippen molar-refractivity contribution < 1.29 is 27.5 Å². The maximum Gasteiger partial charge on any atom is 0.315 e. The first-order chi connectivity index (χ1) is 15.3. The molecule has 10 nitrogen and oxygen atoms in total. The van der Waals surface area contributed by atoms with Crippen molar-refractivity contribution >= 4 is 33.4 Å². The zero-order valence-electron chi connectivity index (χ0n) is 17.6. The van der Waals surface area contributed by atoms with Crippen molar-refractivity contribution in [2.45, 2.75) is 31.3 Å². The number of hydrogen-bond donors (Lipinski definition) is 1. The summed E-state index contributed by atoms with van der Waals surface area (Å²) in [7, 11) is -3.36. The van der Waals surface area contributed by atoms with E-state index in [2.05, 4.69) is 10.4 Å². The number of nitrogens with one attached hydrogen (secondary N) is 1. The number of carbonyl (C=O) groups is 3. The largest absolute Gasteiger partial charge is 0.466 e. The van der Waals surface area contributed by atoms with Crippen LogP contribution in [0.25, 0.3) is 5.69 Å². The predicted molar refractivity (Wildman–Crippen MR) is 114 cm³/mol. The van der Waals surface area contributed by atoms with Gasteiger partial charge in [0.25, 0.3) is 0 Å². The van der Waals surface area contributed by atoms with Crippen LogP contribution in [-0.2, 0) is 40.5 Å². The van der Waals surface area contributed by atoms with Crippen molar-refractivity contribution in [3.63, 3.8) is 0 Å². The van der Waals surface area contributed by atoms with Gasteiger partial charge in [-0.15, -0.1) is 0 Å². The van der Waals surface area contributed by atoms with Crippen LogP contribution < -0.4 is 5.32 Å². The van der Waals surface area contributed by atoms with Gasteiger partial charge >= 0.3 is 17.8 Å². The summed E-state index contributed by atoms with van der Waals surface area (Å²) in [5.41, 5.74) is 1.37. The van der Waals surface area contributed by atoms with Gasteiger partial charge in [-0.25, -0.2) is 13.1 Å². The smallest absolute Gasteiger partial charge is 0.315 e. The molecule has 0 spiro atoms. The number of sulfone groups is 1. The molecule has 170 valence electrons. The van der Waals surface area contributed by atoms with Gasteiger partial charge in [0.1, 0.15) is 5.82 Å². The maximum atomic E-state index is 12.8. The molecule has 0 saturated carbocycles. The minimum absolute atomic E-state index is 0.107. The van der Waals surface area contributed by atoms with Gasteiger partial charge in [-0.2, -0.15) is 5.10 Å². The summed E-state index contributed by atoms with van der Waals surface area (Å²) in [6.45, 7) is 2.43. The fraction of sp³-hybridized carbons (Fsp3) is 0.429. The van der Waals surface area contributed by atoms with E-state index >= 15 is 0 Å². The van der Waals surface area contributed by atoms with Crippen molar-refractivity contribution in [1.82, 2.24) is 14.7 Å². The molecule has 32 heavy (non-hydrogen) atoms. The number of carbonyl (C=O) groups excluding carboxylic acids is 3. The molecule has 1 N–H and O–H groups in total. The number of esters is 1. The van der Waals surface area contributed by atoms with Gasteiger partial charge in [0.2, 0.25) is 0 Å². The highest BCUT2D eigenvalue weighted by Gasteiger charge is 2.36. The van der Waals surface area contributed by atoms with E-state index in [4.69, 9.17) is 4.74 Å². The van der Waals surface area contributed by atoms with Crippen LogP contribution in [0.5, 0.6) is 0 Å². The number of aromatic nitrogens is 2. The van der Waals surface area contributed by atoms with E-state index in [1.165, 1.54) is 9.58 Å². The van der Waals surface area contributed by atoms with Gasteiger partial charge in [0.15, 0.2) is 9.84 Å². The lowest BCUT2D eigenvalue weighted by molar-refractivity contribution is -0.153. The van der Waals surface area contributed by atoms with Crippen LogP contribution in [0.15, 0.2) is 30.3 Å². The molecule has 2 aliphatic heterocycles. The first-order valence-corrected chi connectivity index (χ1v) is 12.2. The average molecular weight is 461 g/mol. The molecule has 3 heterocycles. The molecule has 1 fully saturated rings. The normalized spacial score (nSPS) is 19.3. The highest BCUT2D eigenvalue weighted by molar-refractivity contribution is 7.90. The lowest BCUT2D eigenvalue weighted by atomic mass is 9.98. The van der Waals surface area contributed by atoms with E-state index in [1.54, 1.807) is 31.2 Å². The summed E-state index contributed by atoms with van der Waals surface area (Å²) >= 11 is 0. The van der Waals surface area contributed by atoms with Gasteiger partial charge in [0, 0.05) is 18.7 Å². The third-order valence-electron chi connectivity index (χ3n) is 5.54. The Kier molecular flexibility index (Phi) is 6.00. The Labute approximate surface area is 185 Å². The Hall–Kier alpha value is -3.21. The zero-order chi connectivity index (χ0) is 22.9. The molecule has 2 amide bonds. The Morgan fingerprint density at radius 1 is 1.19 bits per heavy atom. The Balaban J connectivity index is 1.57. The third kappa shape index (κ3) is 4.38. The van der Waals surface area contributed by atoms with Crippen LogP contribution >= 0.6 is 0 Å². The highest BCUT2D eigenvalue weighted by atomic mass is 32.2. The van der Waals surface area contributed by atoms with Gasteiger partial charge in [-0.05, 0) is 31.9 Å². The van der Waals surface area contributed by atoms with Crippen LogP contribution in [0, 0.1) is 5.92 Å². The van der Waals surface area contributed by atoms with E-state index in [9.17, 15) is 22.8 Å². The Bertz CT molecular complexity index is 1160. The molecule has 0 bridgehead atoms. The standard InChI is InChI=1S/C21H24N4O6S/c1-2-31-21(28)14-7-6-10-24(11-14)20(27)19(26)22-18-16-12-32(29,30)13-17(16)23-25(18)15-8-4-3-5-9-15/h3-5,8-9,14H,2,6-7,10-13H2,1H3,(H,22,26). The molecule has 1 unspecified atom stereocenters. The Morgan fingerprint density at radius 3 is 2.66 bits per heavy atom. The van der Waals surface area contributed by atoms with Crippen molar-refractivity contribution in [3.8, 4) is 5.69 Å². The molecular weight excluding hydrogens is 436 g/mol. The molecule has 2 aliphatic rings. The van der Waals surface area contributed by atoms with E-state index in [0.29, 0.717) is 36.3 Å².